The van der Waals surface area contributed by atoms with E-state index in [-0.39, 0.29) is 28.2 Å². The third-order valence-corrected chi connectivity index (χ3v) is 5.11. The van der Waals surface area contributed by atoms with Crippen LogP contribution in [-0.2, 0) is 4.74 Å². The molecule has 5 atom stereocenters. The summed E-state index contributed by atoms with van der Waals surface area (Å²) in [4.78, 5) is 12.6. The number of fused-ring (bicyclic) bond motifs is 1. The lowest BCUT2D eigenvalue weighted by atomic mass is 10.00. The summed E-state index contributed by atoms with van der Waals surface area (Å²) in [7, 11) is 0. The first kappa shape index (κ1) is 20.9. The Morgan fingerprint density at radius 2 is 1.61 bits per heavy atom. The van der Waals surface area contributed by atoms with Crippen molar-refractivity contribution < 1.29 is 44.5 Å². The normalized spacial score (nSPS) is 26.1. The van der Waals surface area contributed by atoms with Gasteiger partial charge in [-0.05, 0) is 31.2 Å². The van der Waals surface area contributed by atoms with E-state index in [0.29, 0.717) is 5.56 Å². The monoisotopic (exact) mass is 432 g/mol. The Morgan fingerprint density at radius 3 is 2.29 bits per heavy atom. The Bertz CT molecular complexity index is 1170. The zero-order valence-electron chi connectivity index (χ0n) is 16.2. The van der Waals surface area contributed by atoms with Gasteiger partial charge in [0.15, 0.2) is 5.76 Å². The van der Waals surface area contributed by atoms with Gasteiger partial charge in [-0.1, -0.05) is 0 Å². The fourth-order valence-corrected chi connectivity index (χ4v) is 3.39. The zero-order valence-corrected chi connectivity index (χ0v) is 16.2. The first-order chi connectivity index (χ1) is 14.7. The van der Waals surface area contributed by atoms with Crippen molar-refractivity contribution in [1.29, 1.82) is 0 Å². The molecule has 1 saturated heterocycles. The number of aliphatic hydroxyl groups excluding tert-OH is 3. The van der Waals surface area contributed by atoms with Gasteiger partial charge in [0.05, 0.1) is 6.10 Å². The molecule has 0 amide bonds. The van der Waals surface area contributed by atoms with Gasteiger partial charge in [0.1, 0.15) is 46.5 Å². The maximum Gasteiger partial charge on any atom is 0.238 e. The van der Waals surface area contributed by atoms with Crippen molar-refractivity contribution in [3.63, 3.8) is 0 Å². The van der Waals surface area contributed by atoms with Crippen LogP contribution in [0.1, 0.15) is 6.92 Å². The van der Waals surface area contributed by atoms with E-state index < -0.39 is 47.6 Å². The second-order valence-corrected chi connectivity index (χ2v) is 7.27. The van der Waals surface area contributed by atoms with Gasteiger partial charge in [0.2, 0.25) is 17.5 Å². The van der Waals surface area contributed by atoms with Crippen LogP contribution in [-0.4, -0.2) is 61.3 Å². The lowest BCUT2D eigenvalue weighted by molar-refractivity contribution is -0.268. The summed E-state index contributed by atoms with van der Waals surface area (Å²) < 4.78 is 16.5. The highest BCUT2D eigenvalue weighted by Gasteiger charge is 2.43. The molecule has 0 bridgehead atoms. The molecule has 0 aliphatic carbocycles. The molecule has 0 spiro atoms. The third kappa shape index (κ3) is 3.66. The number of phenols is 2. The Hall–Kier alpha value is -3.31. The van der Waals surface area contributed by atoms with Crippen LogP contribution in [0.5, 0.6) is 23.0 Å². The Labute approximate surface area is 174 Å². The number of rotatable bonds is 3. The highest BCUT2D eigenvalue weighted by atomic mass is 16.7. The Kier molecular flexibility index (Phi) is 5.23. The van der Waals surface area contributed by atoms with Crippen LogP contribution in [0.4, 0.5) is 0 Å². The summed E-state index contributed by atoms with van der Waals surface area (Å²) in [6, 6.07) is 7.87. The zero-order chi connectivity index (χ0) is 22.4. The van der Waals surface area contributed by atoms with E-state index in [0.717, 1.165) is 6.07 Å². The molecule has 4 rings (SSSR count). The highest BCUT2D eigenvalue weighted by molar-refractivity contribution is 5.88. The summed E-state index contributed by atoms with van der Waals surface area (Å²) in [5.74, 6) is -1.54. The number of phenolic OH excluding ortho intramolecular Hbond substituents is 2. The molecular weight excluding hydrogens is 412 g/mol. The number of aliphatic hydroxyl groups is 3. The summed E-state index contributed by atoms with van der Waals surface area (Å²) in [5, 5.41) is 59.6. The maximum atomic E-state index is 12.6. The second-order valence-electron chi connectivity index (χ2n) is 7.27. The molecule has 2 heterocycles. The summed E-state index contributed by atoms with van der Waals surface area (Å²) in [6.07, 6.45) is -6.62. The van der Waals surface area contributed by atoms with Gasteiger partial charge in [-0.2, -0.15) is 0 Å². The fraction of sp³-hybridized carbons (Fsp3) is 0.286. The van der Waals surface area contributed by atoms with Crippen molar-refractivity contribution in [2.75, 3.05) is 0 Å². The molecule has 1 aromatic heterocycles. The van der Waals surface area contributed by atoms with E-state index in [1.165, 1.54) is 37.3 Å². The van der Waals surface area contributed by atoms with Crippen molar-refractivity contribution in [1.82, 2.24) is 0 Å². The topological polar surface area (TPSA) is 170 Å². The maximum absolute atomic E-state index is 12.6. The molecule has 1 unspecified atom stereocenters. The molecule has 1 aliphatic heterocycles. The van der Waals surface area contributed by atoms with Gasteiger partial charge in [-0.25, -0.2) is 0 Å². The second kappa shape index (κ2) is 7.75. The predicted molar refractivity (Wildman–Crippen MR) is 106 cm³/mol. The molecule has 6 N–H and O–H groups in total. The average molecular weight is 432 g/mol. The molecule has 1 fully saturated rings. The molecule has 164 valence electrons. The molecule has 3 aromatic rings. The van der Waals surface area contributed by atoms with Crippen molar-refractivity contribution >= 4 is 11.0 Å². The van der Waals surface area contributed by atoms with Crippen LogP contribution in [0.15, 0.2) is 45.6 Å². The van der Waals surface area contributed by atoms with E-state index in [2.05, 4.69) is 0 Å². The summed E-state index contributed by atoms with van der Waals surface area (Å²) in [6.45, 7) is 1.49. The van der Waals surface area contributed by atoms with Crippen LogP contribution in [0, 0.1) is 0 Å². The molecular formula is C21H20O10. The Morgan fingerprint density at radius 1 is 0.935 bits per heavy atom. The SMILES string of the molecule is C[C@@H]1OC(Oc2cc(O)c3c(=O)c(O)c(-c4ccc(O)cc4)oc3c2)[C@H](O)[C@H](O)[C@H]1O. The van der Waals surface area contributed by atoms with Crippen molar-refractivity contribution in [3.05, 3.63) is 46.6 Å². The predicted octanol–water partition coefficient (Wildman–Crippen LogP) is 0.783. The van der Waals surface area contributed by atoms with Gasteiger partial charge >= 0.3 is 0 Å². The first-order valence-corrected chi connectivity index (χ1v) is 9.36. The van der Waals surface area contributed by atoms with E-state index >= 15 is 0 Å². The van der Waals surface area contributed by atoms with Crippen LogP contribution < -0.4 is 10.2 Å². The van der Waals surface area contributed by atoms with Crippen molar-refractivity contribution in [2.45, 2.75) is 37.6 Å². The van der Waals surface area contributed by atoms with Gasteiger partial charge in [-0.3, -0.25) is 4.79 Å². The first-order valence-electron chi connectivity index (χ1n) is 9.36. The number of ether oxygens (including phenoxy) is 2. The third-order valence-electron chi connectivity index (χ3n) is 5.11. The highest BCUT2D eigenvalue weighted by Crippen LogP contribution is 2.36. The van der Waals surface area contributed by atoms with Gasteiger partial charge in [0.25, 0.3) is 0 Å². The van der Waals surface area contributed by atoms with E-state index in [4.69, 9.17) is 13.9 Å². The van der Waals surface area contributed by atoms with E-state index in [1.807, 2.05) is 0 Å². The largest absolute Gasteiger partial charge is 0.508 e. The summed E-state index contributed by atoms with van der Waals surface area (Å²) in [5.41, 5.74) is -0.702. The average Bonchev–Trinajstić information content (AvgIpc) is 2.73. The molecule has 10 heteroatoms. The van der Waals surface area contributed by atoms with Gasteiger partial charge < -0.3 is 44.5 Å². The van der Waals surface area contributed by atoms with Gasteiger partial charge in [-0.15, -0.1) is 0 Å². The van der Waals surface area contributed by atoms with E-state index in [9.17, 15) is 35.4 Å². The Balaban J connectivity index is 1.76. The van der Waals surface area contributed by atoms with E-state index in [1.54, 1.807) is 0 Å². The minimum atomic E-state index is -1.58. The molecule has 0 radical (unpaired) electrons. The van der Waals surface area contributed by atoms with Crippen LogP contribution in [0.3, 0.4) is 0 Å². The minimum absolute atomic E-state index is 0.0210. The van der Waals surface area contributed by atoms with Crippen LogP contribution in [0.2, 0.25) is 0 Å². The molecule has 0 saturated carbocycles. The lowest BCUT2D eigenvalue weighted by Crippen LogP contribution is -2.58. The number of benzene rings is 2. The molecule has 31 heavy (non-hydrogen) atoms. The lowest BCUT2D eigenvalue weighted by Gasteiger charge is -2.38. The fourth-order valence-electron chi connectivity index (χ4n) is 3.39. The summed E-state index contributed by atoms with van der Waals surface area (Å²) >= 11 is 0. The number of hydrogen-bond acceptors (Lipinski definition) is 10. The minimum Gasteiger partial charge on any atom is -0.508 e. The van der Waals surface area contributed by atoms with Crippen molar-refractivity contribution in [3.8, 4) is 34.3 Å². The number of aromatic hydroxyl groups is 3. The van der Waals surface area contributed by atoms with Crippen LogP contribution in [0.25, 0.3) is 22.3 Å². The van der Waals surface area contributed by atoms with Gasteiger partial charge in [0, 0.05) is 17.7 Å². The quantitative estimate of drug-likeness (QED) is 0.348. The standard InChI is InChI=1S/C21H20O10/c1-8-15(24)17(26)19(28)21(29-8)30-11-6-12(23)14-13(7-11)31-20(18(27)16(14)25)9-2-4-10(22)5-3-9/h2-8,15,17,19,21-24,26-28H,1H3/t8-,15-,17+,19+,21?/m0/s1. The molecule has 1 aliphatic rings. The number of hydrogen-bond donors (Lipinski definition) is 6. The van der Waals surface area contributed by atoms with Crippen molar-refractivity contribution in [2.24, 2.45) is 0 Å². The molecule has 10 nitrogen and oxygen atoms in total. The smallest absolute Gasteiger partial charge is 0.238 e. The molecule has 2 aromatic carbocycles. The van der Waals surface area contributed by atoms with Crippen LogP contribution >= 0.6 is 0 Å².